The maximum absolute atomic E-state index is 12.5. The van der Waals surface area contributed by atoms with Crippen molar-refractivity contribution in [2.45, 2.75) is 12.2 Å². The Bertz CT molecular complexity index is 567. The number of para-hydroxylation sites is 1. The Balaban J connectivity index is 2.38. The number of thiazole rings is 1. The number of nitrogens with two attached hydrogens (primary N) is 2. The molecule has 1 unspecified atom stereocenters. The van der Waals surface area contributed by atoms with E-state index in [4.69, 9.17) is 11.6 Å². The summed E-state index contributed by atoms with van der Waals surface area (Å²) in [5.41, 5.74) is 9.32. The molecule has 0 saturated carbocycles. The molecule has 2 rings (SSSR count). The zero-order valence-electron chi connectivity index (χ0n) is 9.61. The zero-order valence-corrected chi connectivity index (χ0v) is 10.4. The largest absolute Gasteiger partial charge is 0.443 e. The fourth-order valence-electron chi connectivity index (χ4n) is 1.65. The van der Waals surface area contributed by atoms with Gasteiger partial charge in [0.05, 0.1) is 6.04 Å². The van der Waals surface area contributed by atoms with Crippen LogP contribution in [-0.4, -0.2) is 4.98 Å². The molecule has 102 valence electrons. The number of hydrogen-bond donors (Lipinski definition) is 3. The maximum Gasteiger partial charge on any atom is 0.443 e. The molecule has 19 heavy (non-hydrogen) atoms. The van der Waals surface area contributed by atoms with E-state index in [2.05, 4.69) is 10.4 Å². The van der Waals surface area contributed by atoms with Gasteiger partial charge < -0.3 is 5.73 Å². The summed E-state index contributed by atoms with van der Waals surface area (Å²) < 4.78 is 37.6. The van der Waals surface area contributed by atoms with Crippen LogP contribution < -0.4 is 17.0 Å². The Morgan fingerprint density at radius 2 is 1.95 bits per heavy atom. The van der Waals surface area contributed by atoms with Crippen molar-refractivity contribution in [3.05, 3.63) is 45.9 Å². The monoisotopic (exact) mass is 288 g/mol. The third kappa shape index (κ3) is 2.86. The summed E-state index contributed by atoms with van der Waals surface area (Å²) in [5, 5.41) is -0.905. The summed E-state index contributed by atoms with van der Waals surface area (Å²) in [6.07, 6.45) is -3.30. The highest BCUT2D eigenvalue weighted by Gasteiger charge is 2.35. The molecule has 8 heteroatoms. The van der Waals surface area contributed by atoms with Gasteiger partial charge in [0.2, 0.25) is 0 Å². The Labute approximate surface area is 111 Å². The second-order valence-electron chi connectivity index (χ2n) is 3.79. The first kappa shape index (κ1) is 13.8. The van der Waals surface area contributed by atoms with Gasteiger partial charge in [-0.25, -0.2) is 10.4 Å². The number of nitrogens with one attached hydrogen (secondary N) is 1. The molecule has 4 nitrogen and oxygen atoms in total. The van der Waals surface area contributed by atoms with Gasteiger partial charge >= 0.3 is 6.18 Å². The van der Waals surface area contributed by atoms with E-state index in [1.807, 2.05) is 0 Å². The molecule has 0 aliphatic carbocycles. The summed E-state index contributed by atoms with van der Waals surface area (Å²) in [4.78, 5) is 3.72. The summed E-state index contributed by atoms with van der Waals surface area (Å²) in [7, 11) is 0. The van der Waals surface area contributed by atoms with Crippen molar-refractivity contribution in [1.82, 2.24) is 10.4 Å². The van der Waals surface area contributed by atoms with Crippen molar-refractivity contribution in [2.75, 3.05) is 5.73 Å². The summed E-state index contributed by atoms with van der Waals surface area (Å²) >= 11 is 0.542. The molecule has 1 aromatic carbocycles. The van der Waals surface area contributed by atoms with E-state index in [0.717, 1.165) is 6.20 Å². The van der Waals surface area contributed by atoms with Crippen LogP contribution in [0.1, 0.15) is 21.5 Å². The minimum atomic E-state index is -4.45. The lowest BCUT2D eigenvalue weighted by molar-refractivity contribution is -0.137. The van der Waals surface area contributed by atoms with E-state index < -0.39 is 17.2 Å². The fourth-order valence-corrected chi connectivity index (χ4v) is 2.51. The van der Waals surface area contributed by atoms with Crippen molar-refractivity contribution in [1.29, 1.82) is 0 Å². The van der Waals surface area contributed by atoms with Gasteiger partial charge in [-0.15, -0.1) is 11.3 Å². The van der Waals surface area contributed by atoms with E-state index >= 15 is 0 Å². The summed E-state index contributed by atoms with van der Waals surface area (Å²) in [6.45, 7) is 0. The van der Waals surface area contributed by atoms with Crippen molar-refractivity contribution in [3.63, 3.8) is 0 Å². The van der Waals surface area contributed by atoms with Gasteiger partial charge in [-0.1, -0.05) is 18.2 Å². The maximum atomic E-state index is 12.5. The molecule has 0 saturated heterocycles. The van der Waals surface area contributed by atoms with Gasteiger partial charge in [0, 0.05) is 16.8 Å². The van der Waals surface area contributed by atoms with Crippen LogP contribution in [-0.2, 0) is 6.18 Å². The second kappa shape index (κ2) is 5.16. The minimum Gasteiger partial charge on any atom is -0.398 e. The van der Waals surface area contributed by atoms with Crippen LogP contribution in [0.3, 0.4) is 0 Å². The normalized spacial score (nSPS) is 13.5. The van der Waals surface area contributed by atoms with Crippen molar-refractivity contribution in [3.8, 4) is 0 Å². The SMILES string of the molecule is NNC(c1cnc(C(F)(F)F)s1)c1ccccc1N. The molecule has 0 fully saturated rings. The molecule has 0 bridgehead atoms. The minimum absolute atomic E-state index is 0.354. The Hall–Kier alpha value is -1.64. The summed E-state index contributed by atoms with van der Waals surface area (Å²) in [5.74, 6) is 5.42. The zero-order chi connectivity index (χ0) is 14.0. The van der Waals surface area contributed by atoms with Gasteiger partial charge in [-0.3, -0.25) is 5.84 Å². The lowest BCUT2D eigenvalue weighted by Gasteiger charge is -2.16. The van der Waals surface area contributed by atoms with Gasteiger partial charge in [0.1, 0.15) is 0 Å². The van der Waals surface area contributed by atoms with Crippen molar-refractivity contribution in [2.24, 2.45) is 5.84 Å². The quantitative estimate of drug-likeness (QED) is 0.460. The average molecular weight is 288 g/mol. The lowest BCUT2D eigenvalue weighted by Crippen LogP contribution is -2.28. The van der Waals surface area contributed by atoms with Gasteiger partial charge in [0.15, 0.2) is 5.01 Å². The standard InChI is InChI=1S/C11H11F3N4S/c12-11(13,14)10-17-5-8(19-10)9(18-16)6-3-1-2-4-7(6)15/h1-5,9,18H,15-16H2. The molecule has 1 heterocycles. The second-order valence-corrected chi connectivity index (χ2v) is 4.86. The van der Waals surface area contributed by atoms with Crippen LogP contribution in [0.25, 0.3) is 0 Å². The third-order valence-corrected chi connectivity index (χ3v) is 3.63. The highest BCUT2D eigenvalue weighted by molar-refractivity contribution is 7.11. The number of nitrogens with zero attached hydrogens (tertiary/aromatic N) is 1. The molecule has 2 aromatic rings. The number of hydrogen-bond acceptors (Lipinski definition) is 5. The van der Waals surface area contributed by atoms with Gasteiger partial charge in [0.25, 0.3) is 0 Å². The number of aromatic nitrogens is 1. The first-order valence-electron chi connectivity index (χ1n) is 5.27. The third-order valence-electron chi connectivity index (χ3n) is 2.52. The number of rotatable bonds is 3. The molecule has 1 aromatic heterocycles. The molecule has 0 aliphatic heterocycles. The number of benzene rings is 1. The van der Waals surface area contributed by atoms with Crippen molar-refractivity contribution >= 4 is 17.0 Å². The molecule has 0 radical (unpaired) electrons. The molecule has 1 atom stereocenters. The van der Waals surface area contributed by atoms with E-state index in [1.54, 1.807) is 24.3 Å². The van der Waals surface area contributed by atoms with E-state index in [-0.39, 0.29) is 0 Å². The Kier molecular flexibility index (Phi) is 3.74. The van der Waals surface area contributed by atoms with Crippen LogP contribution in [0.4, 0.5) is 18.9 Å². The highest BCUT2D eigenvalue weighted by atomic mass is 32.1. The highest BCUT2D eigenvalue weighted by Crippen LogP contribution is 2.36. The molecule has 5 N–H and O–H groups in total. The summed E-state index contributed by atoms with van der Waals surface area (Å²) in [6, 6.07) is 6.22. The Morgan fingerprint density at radius 3 is 2.47 bits per heavy atom. The average Bonchev–Trinajstić information content (AvgIpc) is 2.82. The van der Waals surface area contributed by atoms with Crippen LogP contribution in [0.15, 0.2) is 30.5 Å². The number of nitrogen functional groups attached to an aromatic ring is 1. The lowest BCUT2D eigenvalue weighted by atomic mass is 10.0. The fraction of sp³-hybridized carbons (Fsp3) is 0.182. The number of hydrazine groups is 1. The Morgan fingerprint density at radius 1 is 1.26 bits per heavy atom. The van der Waals surface area contributed by atoms with Crippen LogP contribution in [0, 0.1) is 0 Å². The predicted molar refractivity (Wildman–Crippen MR) is 67.1 cm³/mol. The topological polar surface area (TPSA) is 77.0 Å². The van der Waals surface area contributed by atoms with Crippen LogP contribution in [0.5, 0.6) is 0 Å². The van der Waals surface area contributed by atoms with Gasteiger partial charge in [-0.05, 0) is 11.6 Å². The number of halogens is 3. The van der Waals surface area contributed by atoms with E-state index in [0.29, 0.717) is 27.5 Å². The smallest absolute Gasteiger partial charge is 0.398 e. The molecule has 0 spiro atoms. The van der Waals surface area contributed by atoms with Crippen molar-refractivity contribution < 1.29 is 13.2 Å². The van der Waals surface area contributed by atoms with Gasteiger partial charge in [-0.2, -0.15) is 13.2 Å². The molecule has 0 aliphatic rings. The van der Waals surface area contributed by atoms with E-state index in [1.165, 1.54) is 0 Å². The first-order chi connectivity index (χ1) is 8.93. The number of alkyl halides is 3. The first-order valence-corrected chi connectivity index (χ1v) is 6.08. The number of anilines is 1. The predicted octanol–water partition coefficient (Wildman–Crippen LogP) is 2.30. The van der Waals surface area contributed by atoms with E-state index in [9.17, 15) is 13.2 Å². The van der Waals surface area contributed by atoms with Crippen LogP contribution in [0.2, 0.25) is 0 Å². The molecular weight excluding hydrogens is 277 g/mol. The molecule has 0 amide bonds. The van der Waals surface area contributed by atoms with Crippen LogP contribution >= 0.6 is 11.3 Å². The molecular formula is C11H11F3N4S.